The molecule has 2 heterocycles. The first-order chi connectivity index (χ1) is 9.55. The average molecular weight is 269 g/mol. The number of nitrogens with zero attached hydrogens (tertiary/aromatic N) is 4. The van der Waals surface area contributed by atoms with E-state index in [0.29, 0.717) is 17.9 Å². The third-order valence-corrected chi connectivity index (χ3v) is 3.23. The molecule has 0 saturated heterocycles. The number of anilines is 1. The highest BCUT2D eigenvalue weighted by Gasteiger charge is 2.10. The molecule has 0 atom stereocenters. The van der Waals surface area contributed by atoms with Crippen molar-refractivity contribution in [1.82, 2.24) is 14.8 Å². The van der Waals surface area contributed by atoms with Gasteiger partial charge in [-0.25, -0.2) is 4.98 Å². The molecule has 0 aromatic carbocycles. The van der Waals surface area contributed by atoms with Gasteiger partial charge < -0.3 is 5.32 Å². The Bertz CT molecular complexity index is 664. The highest BCUT2D eigenvalue weighted by Crippen LogP contribution is 2.19. The molecule has 0 unspecified atom stereocenters. The van der Waals surface area contributed by atoms with E-state index >= 15 is 0 Å². The highest BCUT2D eigenvalue weighted by molar-refractivity contribution is 5.56. The first kappa shape index (κ1) is 14.1. The molecule has 0 saturated carbocycles. The minimum absolute atomic E-state index is 0.609. The molecule has 0 spiro atoms. The second-order valence-corrected chi connectivity index (χ2v) is 4.90. The molecule has 5 heteroatoms. The van der Waals surface area contributed by atoms with Crippen LogP contribution in [0.3, 0.4) is 0 Å². The third kappa shape index (κ3) is 2.80. The fourth-order valence-electron chi connectivity index (χ4n) is 2.31. The molecule has 0 aliphatic carbocycles. The summed E-state index contributed by atoms with van der Waals surface area (Å²) in [6.07, 6.45) is 2.89. The fourth-order valence-corrected chi connectivity index (χ4v) is 2.31. The van der Waals surface area contributed by atoms with Gasteiger partial charge in [0.25, 0.3) is 0 Å². The number of nitriles is 1. The lowest BCUT2D eigenvalue weighted by molar-refractivity contribution is 0.746. The quantitative estimate of drug-likeness (QED) is 0.926. The van der Waals surface area contributed by atoms with Crippen molar-refractivity contribution >= 4 is 5.82 Å². The molecule has 0 amide bonds. The zero-order valence-corrected chi connectivity index (χ0v) is 12.4. The first-order valence-electron chi connectivity index (χ1n) is 6.68. The summed E-state index contributed by atoms with van der Waals surface area (Å²) in [5.74, 6) is 0.649. The van der Waals surface area contributed by atoms with Gasteiger partial charge in [-0.2, -0.15) is 10.4 Å². The van der Waals surface area contributed by atoms with Crippen molar-refractivity contribution in [3.8, 4) is 6.07 Å². The second-order valence-electron chi connectivity index (χ2n) is 4.90. The van der Waals surface area contributed by atoms with Gasteiger partial charge in [-0.05, 0) is 31.9 Å². The van der Waals surface area contributed by atoms with Crippen molar-refractivity contribution in [1.29, 1.82) is 5.26 Å². The van der Waals surface area contributed by atoms with Gasteiger partial charge in [0, 0.05) is 31.0 Å². The zero-order valence-electron chi connectivity index (χ0n) is 12.4. The number of nitrogens with one attached hydrogen (secondary N) is 1. The van der Waals surface area contributed by atoms with E-state index in [0.717, 1.165) is 28.9 Å². The van der Waals surface area contributed by atoms with Gasteiger partial charge in [0.15, 0.2) is 0 Å². The lowest BCUT2D eigenvalue weighted by Crippen LogP contribution is -2.06. The number of aromatic nitrogens is 3. The number of aryl methyl sites for hydroxylation is 4. The van der Waals surface area contributed by atoms with Crippen LogP contribution in [0, 0.1) is 25.2 Å². The molecule has 2 rings (SSSR count). The molecule has 2 aromatic rings. The minimum atomic E-state index is 0.609. The molecule has 0 aliphatic heterocycles. The molecule has 0 fully saturated rings. The maximum atomic E-state index is 9.25. The Morgan fingerprint density at radius 1 is 1.40 bits per heavy atom. The van der Waals surface area contributed by atoms with Crippen LogP contribution in [0.4, 0.5) is 5.82 Å². The van der Waals surface area contributed by atoms with Crippen molar-refractivity contribution < 1.29 is 0 Å². The SMILES string of the molecule is CCc1nn(C)cc1CNc1nc(C)cc(C)c1C#N. The summed E-state index contributed by atoms with van der Waals surface area (Å²) in [6, 6.07) is 4.14. The van der Waals surface area contributed by atoms with Crippen LogP contribution in [0.2, 0.25) is 0 Å². The van der Waals surface area contributed by atoms with Gasteiger partial charge >= 0.3 is 0 Å². The van der Waals surface area contributed by atoms with Crippen molar-refractivity contribution in [2.24, 2.45) is 7.05 Å². The summed E-state index contributed by atoms with van der Waals surface area (Å²) in [6.45, 7) is 6.57. The van der Waals surface area contributed by atoms with E-state index in [1.807, 2.05) is 37.8 Å². The van der Waals surface area contributed by atoms with Gasteiger partial charge in [-0.15, -0.1) is 0 Å². The van der Waals surface area contributed by atoms with Crippen molar-refractivity contribution in [3.05, 3.63) is 40.3 Å². The Labute approximate surface area is 119 Å². The number of hydrogen-bond acceptors (Lipinski definition) is 4. The Morgan fingerprint density at radius 2 is 2.15 bits per heavy atom. The van der Waals surface area contributed by atoms with Crippen LogP contribution in [-0.2, 0) is 20.0 Å². The van der Waals surface area contributed by atoms with Gasteiger partial charge in [-0.1, -0.05) is 6.92 Å². The minimum Gasteiger partial charge on any atom is -0.365 e. The van der Waals surface area contributed by atoms with Crippen molar-refractivity contribution in [3.63, 3.8) is 0 Å². The Morgan fingerprint density at radius 3 is 2.80 bits per heavy atom. The Balaban J connectivity index is 2.25. The van der Waals surface area contributed by atoms with Crippen molar-refractivity contribution in [2.75, 3.05) is 5.32 Å². The predicted octanol–water partition coefficient (Wildman–Crippen LogP) is 2.48. The summed E-state index contributed by atoms with van der Waals surface area (Å²) < 4.78 is 1.82. The predicted molar refractivity (Wildman–Crippen MR) is 78.3 cm³/mol. The van der Waals surface area contributed by atoms with Crippen LogP contribution in [-0.4, -0.2) is 14.8 Å². The monoisotopic (exact) mass is 269 g/mol. The number of rotatable bonds is 4. The lowest BCUT2D eigenvalue weighted by atomic mass is 10.1. The van der Waals surface area contributed by atoms with Gasteiger partial charge in [0.1, 0.15) is 11.9 Å². The summed E-state index contributed by atoms with van der Waals surface area (Å²) in [5.41, 5.74) is 4.68. The smallest absolute Gasteiger partial charge is 0.144 e. The molecular formula is C15H19N5. The van der Waals surface area contributed by atoms with Crippen LogP contribution in [0.5, 0.6) is 0 Å². The summed E-state index contributed by atoms with van der Waals surface area (Å²) >= 11 is 0. The fraction of sp³-hybridized carbons (Fsp3) is 0.400. The van der Waals surface area contributed by atoms with E-state index in [1.165, 1.54) is 0 Å². The van der Waals surface area contributed by atoms with Gasteiger partial charge in [0.05, 0.1) is 11.3 Å². The number of pyridine rings is 1. The van der Waals surface area contributed by atoms with Crippen LogP contribution in [0.15, 0.2) is 12.3 Å². The summed E-state index contributed by atoms with van der Waals surface area (Å²) in [5, 5.41) is 16.9. The molecule has 0 aliphatic rings. The molecular weight excluding hydrogens is 250 g/mol. The maximum absolute atomic E-state index is 9.25. The third-order valence-electron chi connectivity index (χ3n) is 3.23. The standard InChI is InChI=1S/C15H19N5/c1-5-14-12(9-20(4)19-14)8-17-15-13(7-16)10(2)6-11(3)18-15/h6,9H,5,8H2,1-4H3,(H,17,18). The average Bonchev–Trinajstić information content (AvgIpc) is 2.76. The maximum Gasteiger partial charge on any atom is 0.144 e. The van der Waals surface area contributed by atoms with E-state index in [4.69, 9.17) is 0 Å². The second kappa shape index (κ2) is 5.74. The highest BCUT2D eigenvalue weighted by atomic mass is 15.3. The van der Waals surface area contributed by atoms with E-state index in [2.05, 4.69) is 28.4 Å². The van der Waals surface area contributed by atoms with Crippen LogP contribution in [0.25, 0.3) is 0 Å². The van der Waals surface area contributed by atoms with Crippen LogP contribution in [0.1, 0.15) is 35.0 Å². The molecule has 0 bridgehead atoms. The van der Waals surface area contributed by atoms with Gasteiger partial charge in [-0.3, -0.25) is 4.68 Å². The van der Waals surface area contributed by atoms with Crippen molar-refractivity contribution in [2.45, 2.75) is 33.7 Å². The molecule has 2 aromatic heterocycles. The summed E-state index contributed by atoms with van der Waals surface area (Å²) in [7, 11) is 1.92. The van der Waals surface area contributed by atoms with Crippen LogP contribution >= 0.6 is 0 Å². The van der Waals surface area contributed by atoms with Gasteiger partial charge in [0.2, 0.25) is 0 Å². The Hall–Kier alpha value is -2.35. The molecule has 104 valence electrons. The largest absolute Gasteiger partial charge is 0.365 e. The topological polar surface area (TPSA) is 66.5 Å². The molecule has 20 heavy (non-hydrogen) atoms. The normalized spacial score (nSPS) is 10.3. The summed E-state index contributed by atoms with van der Waals surface area (Å²) in [4.78, 5) is 4.42. The molecule has 0 radical (unpaired) electrons. The van der Waals surface area contributed by atoms with E-state index in [9.17, 15) is 5.26 Å². The molecule has 1 N–H and O–H groups in total. The van der Waals surface area contributed by atoms with Crippen LogP contribution < -0.4 is 5.32 Å². The molecule has 5 nitrogen and oxygen atoms in total. The zero-order chi connectivity index (χ0) is 14.7. The van der Waals surface area contributed by atoms with E-state index in [-0.39, 0.29) is 0 Å². The van der Waals surface area contributed by atoms with E-state index in [1.54, 1.807) is 0 Å². The first-order valence-corrected chi connectivity index (χ1v) is 6.68. The lowest BCUT2D eigenvalue weighted by Gasteiger charge is -2.10. The van der Waals surface area contributed by atoms with E-state index < -0.39 is 0 Å². The number of hydrogen-bond donors (Lipinski definition) is 1. The Kier molecular flexibility index (Phi) is 4.04.